The molecule has 6 heteroatoms. The van der Waals surface area contributed by atoms with Crippen molar-refractivity contribution in [2.75, 3.05) is 13.1 Å². The average Bonchev–Trinajstić information content (AvgIpc) is 3.14. The maximum Gasteiger partial charge on any atom is 0.410 e. The van der Waals surface area contributed by atoms with E-state index in [1.807, 2.05) is 38.2 Å². The Balaban J connectivity index is 1.62. The van der Waals surface area contributed by atoms with Crippen molar-refractivity contribution in [1.82, 2.24) is 20.2 Å². The fourth-order valence-corrected chi connectivity index (χ4v) is 3.15. The smallest absolute Gasteiger partial charge is 0.410 e. The molecule has 1 amide bonds. The van der Waals surface area contributed by atoms with Crippen LogP contribution >= 0.6 is 0 Å². The maximum atomic E-state index is 12.0. The number of amides is 1. The van der Waals surface area contributed by atoms with Crippen molar-refractivity contribution in [2.24, 2.45) is 0 Å². The topological polar surface area (TPSA) is 70.2 Å². The Kier molecular flexibility index (Phi) is 5.71. The van der Waals surface area contributed by atoms with E-state index in [1.54, 1.807) is 11.1 Å². The SMILES string of the molecule is CC(C)OC(=O)N1CCC(N[C@@H](c2ccccc2)c2ncc[nH]2)CC1. The van der Waals surface area contributed by atoms with Gasteiger partial charge < -0.3 is 19.9 Å². The lowest BCUT2D eigenvalue weighted by Gasteiger charge is -2.34. The lowest BCUT2D eigenvalue weighted by molar-refractivity contribution is 0.0674. The third-order valence-electron chi connectivity index (χ3n) is 4.42. The van der Waals surface area contributed by atoms with Gasteiger partial charge in [-0.15, -0.1) is 0 Å². The minimum atomic E-state index is -0.209. The molecule has 1 fully saturated rings. The minimum Gasteiger partial charge on any atom is -0.447 e. The van der Waals surface area contributed by atoms with Crippen LogP contribution in [0.25, 0.3) is 0 Å². The Morgan fingerprint density at radius 1 is 1.28 bits per heavy atom. The molecule has 6 nitrogen and oxygen atoms in total. The summed E-state index contributed by atoms with van der Waals surface area (Å²) in [5.74, 6) is 0.910. The largest absolute Gasteiger partial charge is 0.447 e. The molecule has 1 atom stereocenters. The van der Waals surface area contributed by atoms with Gasteiger partial charge in [0.1, 0.15) is 5.82 Å². The highest BCUT2D eigenvalue weighted by atomic mass is 16.6. The van der Waals surface area contributed by atoms with Crippen LogP contribution in [0.1, 0.15) is 44.1 Å². The number of hydrogen-bond donors (Lipinski definition) is 2. The van der Waals surface area contributed by atoms with Crippen LogP contribution in [0.15, 0.2) is 42.7 Å². The van der Waals surface area contributed by atoms with Gasteiger partial charge in [-0.3, -0.25) is 0 Å². The number of imidazole rings is 1. The van der Waals surface area contributed by atoms with Crippen molar-refractivity contribution in [2.45, 2.75) is 44.9 Å². The highest BCUT2D eigenvalue weighted by molar-refractivity contribution is 5.67. The van der Waals surface area contributed by atoms with E-state index in [0.717, 1.165) is 18.7 Å². The van der Waals surface area contributed by atoms with Gasteiger partial charge in [0.25, 0.3) is 0 Å². The quantitative estimate of drug-likeness (QED) is 0.876. The number of carbonyl (C=O) groups is 1. The summed E-state index contributed by atoms with van der Waals surface area (Å²) >= 11 is 0. The van der Waals surface area contributed by atoms with E-state index in [1.165, 1.54) is 5.56 Å². The van der Waals surface area contributed by atoms with E-state index in [2.05, 4.69) is 27.4 Å². The summed E-state index contributed by atoms with van der Waals surface area (Å²) in [4.78, 5) is 21.5. The highest BCUT2D eigenvalue weighted by Crippen LogP contribution is 2.22. The van der Waals surface area contributed by atoms with Crippen LogP contribution in [0, 0.1) is 0 Å². The lowest BCUT2D eigenvalue weighted by atomic mass is 10.0. The Hall–Kier alpha value is -2.34. The summed E-state index contributed by atoms with van der Waals surface area (Å²) < 4.78 is 5.29. The first kappa shape index (κ1) is 17.5. The van der Waals surface area contributed by atoms with Crippen LogP contribution in [-0.4, -0.2) is 46.2 Å². The summed E-state index contributed by atoms with van der Waals surface area (Å²) in [6, 6.07) is 10.7. The van der Waals surface area contributed by atoms with Crippen molar-refractivity contribution in [3.8, 4) is 0 Å². The zero-order valence-corrected chi connectivity index (χ0v) is 14.8. The molecule has 25 heavy (non-hydrogen) atoms. The van der Waals surface area contributed by atoms with Crippen LogP contribution in [0.2, 0.25) is 0 Å². The number of nitrogens with one attached hydrogen (secondary N) is 2. The Labute approximate surface area is 148 Å². The first-order valence-electron chi connectivity index (χ1n) is 8.89. The zero-order valence-electron chi connectivity index (χ0n) is 14.8. The van der Waals surface area contributed by atoms with Crippen molar-refractivity contribution in [3.05, 3.63) is 54.1 Å². The second-order valence-corrected chi connectivity index (χ2v) is 6.68. The van der Waals surface area contributed by atoms with E-state index >= 15 is 0 Å². The number of likely N-dealkylation sites (tertiary alicyclic amines) is 1. The zero-order chi connectivity index (χ0) is 17.6. The van der Waals surface area contributed by atoms with Crippen molar-refractivity contribution in [1.29, 1.82) is 0 Å². The fraction of sp³-hybridized carbons (Fsp3) is 0.474. The lowest BCUT2D eigenvalue weighted by Crippen LogP contribution is -2.46. The van der Waals surface area contributed by atoms with E-state index < -0.39 is 0 Å². The standard InChI is InChI=1S/C19H26N4O2/c1-14(2)25-19(24)23-12-8-16(9-13-23)22-17(18-20-10-11-21-18)15-6-4-3-5-7-15/h3-7,10-11,14,16-17,22H,8-9,12-13H2,1-2H3,(H,20,21)/t17-/m0/s1. The van der Waals surface area contributed by atoms with Crippen molar-refractivity contribution >= 4 is 6.09 Å². The molecule has 0 aliphatic carbocycles. The maximum absolute atomic E-state index is 12.0. The molecule has 2 heterocycles. The van der Waals surface area contributed by atoms with Crippen LogP contribution in [0.5, 0.6) is 0 Å². The van der Waals surface area contributed by atoms with Gasteiger partial charge in [0.05, 0.1) is 12.1 Å². The third kappa shape index (κ3) is 4.60. The molecule has 0 bridgehead atoms. The van der Waals surface area contributed by atoms with E-state index in [9.17, 15) is 4.79 Å². The Morgan fingerprint density at radius 3 is 2.60 bits per heavy atom. The van der Waals surface area contributed by atoms with E-state index in [0.29, 0.717) is 19.1 Å². The molecule has 1 aliphatic heterocycles. The van der Waals surface area contributed by atoms with E-state index in [-0.39, 0.29) is 18.2 Å². The molecule has 3 rings (SSSR count). The molecule has 2 N–H and O–H groups in total. The van der Waals surface area contributed by atoms with Gasteiger partial charge in [-0.05, 0) is 32.3 Å². The molecule has 0 radical (unpaired) electrons. The Bertz CT molecular complexity index is 649. The summed E-state index contributed by atoms with van der Waals surface area (Å²) in [5.41, 5.74) is 1.18. The number of nitrogens with zero attached hydrogens (tertiary/aromatic N) is 2. The predicted molar refractivity (Wildman–Crippen MR) is 96.2 cm³/mol. The summed E-state index contributed by atoms with van der Waals surface area (Å²) in [6.07, 6.45) is 5.13. The summed E-state index contributed by atoms with van der Waals surface area (Å²) in [6.45, 7) is 5.17. The number of rotatable bonds is 5. The minimum absolute atomic E-state index is 0.0235. The van der Waals surface area contributed by atoms with Gasteiger partial charge in [0, 0.05) is 31.5 Å². The van der Waals surface area contributed by atoms with Crippen LogP contribution in [-0.2, 0) is 4.74 Å². The number of aromatic amines is 1. The van der Waals surface area contributed by atoms with Crippen molar-refractivity contribution < 1.29 is 9.53 Å². The average molecular weight is 342 g/mol. The van der Waals surface area contributed by atoms with Crippen molar-refractivity contribution in [3.63, 3.8) is 0 Å². The number of benzene rings is 1. The number of H-pyrrole nitrogens is 1. The second-order valence-electron chi connectivity index (χ2n) is 6.68. The molecule has 2 aromatic rings. The fourth-order valence-electron chi connectivity index (χ4n) is 3.15. The van der Waals surface area contributed by atoms with Gasteiger partial charge in [0.15, 0.2) is 0 Å². The number of piperidine rings is 1. The number of aromatic nitrogens is 2. The van der Waals surface area contributed by atoms with Crippen LogP contribution in [0.4, 0.5) is 4.79 Å². The molecule has 134 valence electrons. The van der Waals surface area contributed by atoms with Crippen LogP contribution in [0.3, 0.4) is 0 Å². The normalized spacial score (nSPS) is 16.8. The highest BCUT2D eigenvalue weighted by Gasteiger charge is 2.27. The van der Waals surface area contributed by atoms with Gasteiger partial charge in [0.2, 0.25) is 0 Å². The molecule has 0 saturated carbocycles. The van der Waals surface area contributed by atoms with Gasteiger partial charge in [-0.2, -0.15) is 0 Å². The molecular formula is C19H26N4O2. The van der Waals surface area contributed by atoms with Gasteiger partial charge in [-0.25, -0.2) is 9.78 Å². The summed E-state index contributed by atoms with van der Waals surface area (Å²) in [5, 5.41) is 3.70. The second kappa shape index (κ2) is 8.16. The number of carbonyl (C=O) groups excluding carboxylic acids is 1. The molecular weight excluding hydrogens is 316 g/mol. The number of hydrogen-bond acceptors (Lipinski definition) is 4. The van der Waals surface area contributed by atoms with Crippen LogP contribution < -0.4 is 5.32 Å². The molecule has 1 aromatic heterocycles. The number of ether oxygens (including phenoxy) is 1. The first-order valence-corrected chi connectivity index (χ1v) is 8.89. The van der Waals surface area contributed by atoms with Gasteiger partial charge in [-0.1, -0.05) is 30.3 Å². The summed E-state index contributed by atoms with van der Waals surface area (Å²) in [7, 11) is 0. The molecule has 0 spiro atoms. The molecule has 1 aromatic carbocycles. The Morgan fingerprint density at radius 2 is 2.00 bits per heavy atom. The third-order valence-corrected chi connectivity index (χ3v) is 4.42. The molecule has 1 aliphatic rings. The first-order chi connectivity index (χ1) is 12.1. The van der Waals surface area contributed by atoms with Gasteiger partial charge >= 0.3 is 6.09 Å². The predicted octanol–water partition coefficient (Wildman–Crippen LogP) is 3.10. The monoisotopic (exact) mass is 342 g/mol. The van der Waals surface area contributed by atoms with E-state index in [4.69, 9.17) is 4.74 Å². The molecule has 1 saturated heterocycles. The molecule has 0 unspecified atom stereocenters.